The van der Waals surface area contributed by atoms with Gasteiger partial charge >= 0.3 is 0 Å². The van der Waals surface area contributed by atoms with Crippen LogP contribution in [0.3, 0.4) is 0 Å². The summed E-state index contributed by atoms with van der Waals surface area (Å²) in [4.78, 5) is 0. The van der Waals surface area contributed by atoms with Gasteiger partial charge in [-0.05, 0) is 6.42 Å². The number of aliphatic hydroxyl groups excluding tert-OH is 2. The van der Waals surface area contributed by atoms with Gasteiger partial charge in [0.1, 0.15) is 0 Å². The Kier molecular flexibility index (Phi) is 37.0. The zero-order valence-corrected chi connectivity index (χ0v) is 16.5. The van der Waals surface area contributed by atoms with Crippen LogP contribution in [-0.2, 0) is 74.9 Å². The number of hydrogen-bond donors (Lipinski definition) is 2. The van der Waals surface area contributed by atoms with Crippen LogP contribution in [0.25, 0.3) is 0 Å². The Labute approximate surface area is 150 Å². The molecule has 0 amide bonds. The fourth-order valence-electron chi connectivity index (χ4n) is 0.647. The largest absolute Gasteiger partial charge is 0.396 e. The number of methoxy groups -OCH3 is 2. The maximum atomic E-state index is 8.73. The minimum atomic E-state index is -0.273. The molecule has 0 aromatic rings. The molecule has 0 rings (SSSR count). The van der Waals surface area contributed by atoms with Crippen molar-refractivity contribution in [3.8, 4) is 0 Å². The molecule has 94 valence electrons. The summed E-state index contributed by atoms with van der Waals surface area (Å²) in [6.07, 6.45) is 0.499. The molecule has 2 radical (unpaired) electrons. The summed E-state index contributed by atoms with van der Waals surface area (Å²) in [6, 6.07) is 0. The summed E-state index contributed by atoms with van der Waals surface area (Å²) in [6.45, 7) is 5.17. The minimum absolute atomic E-state index is 0. The van der Waals surface area contributed by atoms with Crippen LogP contribution in [0.5, 0.6) is 0 Å². The smallest absolute Gasteiger partial charge is 0.0770 e. The molecule has 16 heavy (non-hydrogen) atoms. The zero-order chi connectivity index (χ0) is 11.4. The first-order valence-electron chi connectivity index (χ1n) is 4.89. The van der Waals surface area contributed by atoms with Gasteiger partial charge in [0.15, 0.2) is 0 Å². The number of rotatable bonds is 6. The summed E-state index contributed by atoms with van der Waals surface area (Å²) in [5.74, 6) is 0.282. The van der Waals surface area contributed by atoms with Crippen molar-refractivity contribution in [2.75, 3.05) is 34.0 Å². The molecule has 0 saturated heterocycles. The predicted molar refractivity (Wildman–Crippen MR) is 56.3 cm³/mol. The fourth-order valence-corrected chi connectivity index (χ4v) is 0.647. The van der Waals surface area contributed by atoms with Gasteiger partial charge in [0.25, 0.3) is 0 Å². The number of hydrogen-bond acceptors (Lipinski definition) is 4. The second-order valence-corrected chi connectivity index (χ2v) is 3.26. The summed E-state index contributed by atoms with van der Waals surface area (Å²) in [5, 5.41) is 17.1. The molecule has 0 aliphatic rings. The summed E-state index contributed by atoms with van der Waals surface area (Å²) >= 11 is 0. The molecule has 2 atom stereocenters. The van der Waals surface area contributed by atoms with Gasteiger partial charge in [-0.25, -0.2) is 0 Å². The molecule has 0 aliphatic heterocycles. The Hall–Kier alpha value is 2.05. The molecule has 0 aliphatic carbocycles. The van der Waals surface area contributed by atoms with E-state index in [1.54, 1.807) is 14.2 Å². The van der Waals surface area contributed by atoms with E-state index in [0.29, 0.717) is 13.2 Å². The van der Waals surface area contributed by atoms with Crippen molar-refractivity contribution >= 4 is 0 Å². The first-order chi connectivity index (χ1) is 6.62. The van der Waals surface area contributed by atoms with Crippen LogP contribution in [0.2, 0.25) is 0 Å². The topological polar surface area (TPSA) is 58.9 Å². The molecule has 2 unspecified atom stereocenters. The van der Waals surface area contributed by atoms with E-state index in [4.69, 9.17) is 14.9 Å². The van der Waals surface area contributed by atoms with E-state index in [0.717, 1.165) is 6.42 Å². The second kappa shape index (κ2) is 22.2. The van der Waals surface area contributed by atoms with Crippen molar-refractivity contribution in [2.45, 2.75) is 26.4 Å². The first kappa shape index (κ1) is 26.6. The molecule has 0 saturated carbocycles. The Morgan fingerprint density at radius 3 is 1.62 bits per heavy atom. The molecule has 0 spiro atoms. The van der Waals surface area contributed by atoms with Gasteiger partial charge in [-0.2, -0.15) is 0 Å². The minimum Gasteiger partial charge on any atom is -0.396 e. The van der Waals surface area contributed by atoms with Crippen molar-refractivity contribution in [1.29, 1.82) is 0 Å². The summed E-state index contributed by atoms with van der Waals surface area (Å²) in [7, 11) is 3.21. The third kappa shape index (κ3) is 25.0. The van der Waals surface area contributed by atoms with Crippen LogP contribution < -0.4 is 0 Å². The maximum Gasteiger partial charge on any atom is 0.0770 e. The van der Waals surface area contributed by atoms with Gasteiger partial charge in [-0.3, -0.25) is 0 Å². The standard InChI is InChI=1S/2C5H12O2.2Y/c1-5(3-6)4-7-2;1-3-5(6)4-7-2;;/h2*5-6H,3-4H2,1-2H3;;. The molecule has 4 nitrogen and oxygen atoms in total. The van der Waals surface area contributed by atoms with Crippen LogP contribution in [0.4, 0.5) is 0 Å². The van der Waals surface area contributed by atoms with Crippen LogP contribution in [0, 0.1) is 5.92 Å². The number of ether oxygens (including phenoxy) is 2. The molecule has 0 fully saturated rings. The normalized spacial score (nSPS) is 12.4. The Morgan fingerprint density at radius 1 is 1.06 bits per heavy atom. The molecule has 0 aromatic heterocycles. The Balaban J connectivity index is -0.0000000800. The van der Waals surface area contributed by atoms with Crippen LogP contribution in [-0.4, -0.2) is 50.4 Å². The molecule has 2 N–H and O–H groups in total. The van der Waals surface area contributed by atoms with Crippen molar-refractivity contribution < 1.29 is 85.1 Å². The monoisotopic (exact) mass is 386 g/mol. The van der Waals surface area contributed by atoms with E-state index in [1.165, 1.54) is 0 Å². The molecular formula is C10H24O4Y2. The van der Waals surface area contributed by atoms with Crippen molar-refractivity contribution in [1.82, 2.24) is 0 Å². The Morgan fingerprint density at radius 2 is 1.50 bits per heavy atom. The van der Waals surface area contributed by atoms with Gasteiger partial charge < -0.3 is 19.7 Å². The SMILES string of the molecule is CCC(O)COC.COCC(C)CO.[Y].[Y]. The van der Waals surface area contributed by atoms with Gasteiger partial charge in [0, 0.05) is 92.2 Å². The fraction of sp³-hybridized carbons (Fsp3) is 1.00. The Bertz CT molecular complexity index is 94.8. The summed E-state index contributed by atoms with van der Waals surface area (Å²) in [5.41, 5.74) is 0. The zero-order valence-electron chi connectivity index (χ0n) is 10.8. The predicted octanol–water partition coefficient (Wildman–Crippen LogP) is 0.660. The molecule has 6 heteroatoms. The third-order valence-corrected chi connectivity index (χ3v) is 1.59. The van der Waals surface area contributed by atoms with Crippen molar-refractivity contribution in [3.63, 3.8) is 0 Å². The van der Waals surface area contributed by atoms with E-state index in [9.17, 15) is 0 Å². The molecular weight excluding hydrogens is 362 g/mol. The van der Waals surface area contributed by atoms with Gasteiger partial charge in [0.05, 0.1) is 19.3 Å². The third-order valence-electron chi connectivity index (χ3n) is 1.59. The number of aliphatic hydroxyl groups is 2. The van der Waals surface area contributed by atoms with E-state index in [2.05, 4.69) is 4.74 Å². The van der Waals surface area contributed by atoms with E-state index < -0.39 is 0 Å². The van der Waals surface area contributed by atoms with Crippen LogP contribution >= 0.6 is 0 Å². The second-order valence-electron chi connectivity index (χ2n) is 3.26. The summed E-state index contributed by atoms with van der Waals surface area (Å²) < 4.78 is 9.38. The van der Waals surface area contributed by atoms with E-state index in [-0.39, 0.29) is 84.0 Å². The van der Waals surface area contributed by atoms with Gasteiger partial charge in [-0.1, -0.05) is 13.8 Å². The average molecular weight is 386 g/mol. The van der Waals surface area contributed by atoms with Crippen LogP contribution in [0.1, 0.15) is 20.3 Å². The van der Waals surface area contributed by atoms with Crippen LogP contribution in [0.15, 0.2) is 0 Å². The van der Waals surface area contributed by atoms with Crippen molar-refractivity contribution in [2.24, 2.45) is 5.92 Å². The van der Waals surface area contributed by atoms with Gasteiger partial charge in [0.2, 0.25) is 0 Å². The van der Waals surface area contributed by atoms with Gasteiger partial charge in [-0.15, -0.1) is 0 Å². The quantitative estimate of drug-likeness (QED) is 0.705. The molecule has 0 heterocycles. The van der Waals surface area contributed by atoms with E-state index in [1.807, 2.05) is 13.8 Å². The molecule has 0 aromatic carbocycles. The maximum absolute atomic E-state index is 8.73. The van der Waals surface area contributed by atoms with E-state index >= 15 is 0 Å². The average Bonchev–Trinajstić information content (AvgIpc) is 2.19. The van der Waals surface area contributed by atoms with Crippen molar-refractivity contribution in [3.05, 3.63) is 0 Å². The first-order valence-corrected chi connectivity index (χ1v) is 4.89. The molecule has 0 bridgehead atoms.